The molecule has 0 spiro atoms. The summed E-state index contributed by atoms with van der Waals surface area (Å²) in [6.07, 6.45) is 3.47. The quantitative estimate of drug-likeness (QED) is 0.223. The van der Waals surface area contributed by atoms with E-state index in [0.29, 0.717) is 21.4 Å². The van der Waals surface area contributed by atoms with Gasteiger partial charge in [-0.25, -0.2) is 0 Å². The number of non-ortho nitro benzene ring substituents is 1. The fourth-order valence-electron chi connectivity index (χ4n) is 2.54. The third-order valence-corrected chi connectivity index (χ3v) is 5.32. The number of rotatable bonds is 7. The molecule has 1 aliphatic heterocycles. The van der Waals surface area contributed by atoms with Gasteiger partial charge in [0, 0.05) is 31.2 Å². The number of amides is 2. The molecule has 0 radical (unpaired) electrons. The van der Waals surface area contributed by atoms with E-state index in [1.54, 1.807) is 18.2 Å². The zero-order chi connectivity index (χ0) is 21.0. The van der Waals surface area contributed by atoms with Crippen molar-refractivity contribution in [2.75, 3.05) is 11.9 Å². The van der Waals surface area contributed by atoms with Crippen molar-refractivity contribution < 1.29 is 24.0 Å². The van der Waals surface area contributed by atoms with Gasteiger partial charge in [0.2, 0.25) is 5.91 Å². The molecule has 11 heteroatoms. The lowest BCUT2D eigenvalue weighted by molar-refractivity contribution is -0.384. The maximum absolute atomic E-state index is 12.5. The average Bonchev–Trinajstić information content (AvgIpc) is 3.27. The summed E-state index contributed by atoms with van der Waals surface area (Å²) in [6.45, 7) is 0.245. The summed E-state index contributed by atoms with van der Waals surface area (Å²) in [5.74, 6) is -0.434. The summed E-state index contributed by atoms with van der Waals surface area (Å²) >= 11 is 6.39. The molecular weight excluding hydrogens is 418 g/mol. The first kappa shape index (κ1) is 20.6. The van der Waals surface area contributed by atoms with Gasteiger partial charge in [-0.3, -0.25) is 24.6 Å². The maximum Gasteiger partial charge on any atom is 0.271 e. The van der Waals surface area contributed by atoms with Gasteiger partial charge in [0.15, 0.2) is 0 Å². The standard InChI is InChI=1S/C18H15N3O6S2/c22-14-6-5-11(21(25)26)9-13(14)19-16(23)4-1-7-20-17(24)15(29-18(20)28)10-12-3-2-8-27-12/h2-3,5-6,8-10,22H,1,4,7H2,(H,19,23). The van der Waals surface area contributed by atoms with Gasteiger partial charge in [-0.05, 0) is 24.6 Å². The van der Waals surface area contributed by atoms with Gasteiger partial charge in [0.05, 0.1) is 21.8 Å². The highest BCUT2D eigenvalue weighted by Gasteiger charge is 2.31. The molecule has 2 amide bonds. The van der Waals surface area contributed by atoms with E-state index >= 15 is 0 Å². The van der Waals surface area contributed by atoms with Gasteiger partial charge in [-0.15, -0.1) is 0 Å². The van der Waals surface area contributed by atoms with E-state index in [9.17, 15) is 24.8 Å². The lowest BCUT2D eigenvalue weighted by Crippen LogP contribution is -2.29. The van der Waals surface area contributed by atoms with Crippen molar-refractivity contribution in [3.63, 3.8) is 0 Å². The molecule has 1 aromatic heterocycles. The number of benzene rings is 1. The second-order valence-corrected chi connectivity index (χ2v) is 7.63. The molecule has 1 fully saturated rings. The number of aromatic hydroxyl groups is 1. The molecule has 1 aromatic carbocycles. The van der Waals surface area contributed by atoms with Crippen LogP contribution in [0.15, 0.2) is 45.9 Å². The first-order valence-electron chi connectivity index (χ1n) is 8.41. The first-order valence-corrected chi connectivity index (χ1v) is 9.64. The molecule has 2 N–H and O–H groups in total. The van der Waals surface area contributed by atoms with Crippen LogP contribution < -0.4 is 5.32 Å². The zero-order valence-electron chi connectivity index (χ0n) is 14.9. The Labute approximate surface area is 174 Å². The lowest BCUT2D eigenvalue weighted by atomic mass is 10.2. The summed E-state index contributed by atoms with van der Waals surface area (Å²) in [5, 5.41) is 23.0. The van der Waals surface area contributed by atoms with Crippen molar-refractivity contribution in [1.82, 2.24) is 4.90 Å². The van der Waals surface area contributed by atoms with Gasteiger partial charge in [-0.2, -0.15) is 0 Å². The monoisotopic (exact) mass is 433 g/mol. The maximum atomic E-state index is 12.5. The van der Waals surface area contributed by atoms with E-state index in [0.717, 1.165) is 30.0 Å². The van der Waals surface area contributed by atoms with Gasteiger partial charge in [-0.1, -0.05) is 24.0 Å². The highest BCUT2D eigenvalue weighted by Crippen LogP contribution is 2.33. The predicted molar refractivity (Wildman–Crippen MR) is 111 cm³/mol. The molecule has 0 atom stereocenters. The Morgan fingerprint density at radius 1 is 1.41 bits per heavy atom. The molecule has 150 valence electrons. The molecule has 2 aromatic rings. The SMILES string of the molecule is O=C(CCCN1C(=O)C(=Cc2ccco2)SC1=S)Nc1cc([N+](=O)[O-])ccc1O. The van der Waals surface area contributed by atoms with Crippen LogP contribution >= 0.6 is 24.0 Å². The molecule has 0 bridgehead atoms. The smallest absolute Gasteiger partial charge is 0.271 e. The van der Waals surface area contributed by atoms with E-state index in [4.69, 9.17) is 16.6 Å². The van der Waals surface area contributed by atoms with Gasteiger partial charge in [0.1, 0.15) is 15.8 Å². The fourth-order valence-corrected chi connectivity index (χ4v) is 3.83. The molecule has 0 unspecified atom stereocenters. The third kappa shape index (κ3) is 5.00. The van der Waals surface area contributed by atoms with Crippen molar-refractivity contribution >= 4 is 57.6 Å². The molecular formula is C18H15N3O6S2. The lowest BCUT2D eigenvalue weighted by Gasteiger charge is -2.14. The molecule has 9 nitrogen and oxygen atoms in total. The number of anilines is 1. The van der Waals surface area contributed by atoms with Crippen LogP contribution in [-0.2, 0) is 9.59 Å². The minimum absolute atomic E-state index is 0.0381. The molecule has 0 saturated carbocycles. The molecule has 1 saturated heterocycles. The summed E-state index contributed by atoms with van der Waals surface area (Å²) < 4.78 is 5.59. The molecule has 3 rings (SSSR count). The van der Waals surface area contributed by atoms with Crippen molar-refractivity contribution in [3.8, 4) is 5.75 Å². The van der Waals surface area contributed by atoms with E-state index in [1.807, 2.05) is 0 Å². The number of phenols is 1. The Morgan fingerprint density at radius 2 is 2.21 bits per heavy atom. The summed E-state index contributed by atoms with van der Waals surface area (Å²) in [6, 6.07) is 6.79. The topological polar surface area (TPSA) is 126 Å². The van der Waals surface area contributed by atoms with E-state index in [-0.39, 0.29) is 36.0 Å². The number of carbonyl (C=O) groups is 2. The number of nitro groups is 1. The van der Waals surface area contributed by atoms with Crippen LogP contribution in [-0.4, -0.2) is 37.6 Å². The highest BCUT2D eigenvalue weighted by atomic mass is 32.2. The summed E-state index contributed by atoms with van der Waals surface area (Å²) in [5.41, 5.74) is -0.296. The van der Waals surface area contributed by atoms with E-state index in [2.05, 4.69) is 5.32 Å². The van der Waals surface area contributed by atoms with Crippen LogP contribution in [0.25, 0.3) is 6.08 Å². The van der Waals surface area contributed by atoms with Gasteiger partial charge >= 0.3 is 0 Å². The fraction of sp³-hybridized carbons (Fsp3) is 0.167. The van der Waals surface area contributed by atoms with Crippen LogP contribution in [0.1, 0.15) is 18.6 Å². The van der Waals surface area contributed by atoms with Crippen molar-refractivity contribution in [1.29, 1.82) is 0 Å². The van der Waals surface area contributed by atoms with Crippen LogP contribution in [0.2, 0.25) is 0 Å². The number of thioether (sulfide) groups is 1. The number of phenolic OH excluding ortho intramolecular Hbond substituents is 1. The van der Waals surface area contributed by atoms with Crippen LogP contribution in [0, 0.1) is 10.1 Å². The van der Waals surface area contributed by atoms with Gasteiger partial charge < -0.3 is 14.8 Å². The minimum Gasteiger partial charge on any atom is -0.506 e. The van der Waals surface area contributed by atoms with Crippen molar-refractivity contribution in [2.24, 2.45) is 0 Å². The van der Waals surface area contributed by atoms with E-state index < -0.39 is 10.8 Å². The Morgan fingerprint density at radius 3 is 2.90 bits per heavy atom. The van der Waals surface area contributed by atoms with Gasteiger partial charge in [0.25, 0.3) is 11.6 Å². The zero-order valence-corrected chi connectivity index (χ0v) is 16.5. The van der Waals surface area contributed by atoms with Crippen LogP contribution in [0.5, 0.6) is 5.75 Å². The van der Waals surface area contributed by atoms with Crippen LogP contribution in [0.4, 0.5) is 11.4 Å². The van der Waals surface area contributed by atoms with Crippen molar-refractivity contribution in [3.05, 3.63) is 57.4 Å². The third-order valence-electron chi connectivity index (χ3n) is 3.94. The largest absolute Gasteiger partial charge is 0.506 e. The predicted octanol–water partition coefficient (Wildman–Crippen LogP) is 3.51. The van der Waals surface area contributed by atoms with E-state index in [1.165, 1.54) is 11.2 Å². The Balaban J connectivity index is 1.54. The number of furan rings is 1. The number of carbonyl (C=O) groups excluding carboxylic acids is 2. The molecule has 2 heterocycles. The number of nitrogens with zero attached hydrogens (tertiary/aromatic N) is 2. The number of hydrogen-bond acceptors (Lipinski definition) is 8. The minimum atomic E-state index is -0.624. The number of hydrogen-bond donors (Lipinski definition) is 2. The Hall–Kier alpha value is -3.18. The first-order chi connectivity index (χ1) is 13.8. The number of thiocarbonyl (C=S) groups is 1. The summed E-state index contributed by atoms with van der Waals surface area (Å²) in [7, 11) is 0. The molecule has 0 aliphatic carbocycles. The summed E-state index contributed by atoms with van der Waals surface area (Å²) in [4.78, 5) is 36.6. The van der Waals surface area contributed by atoms with Crippen LogP contribution in [0.3, 0.4) is 0 Å². The number of nitro benzene ring substituents is 1. The second-order valence-electron chi connectivity index (χ2n) is 5.96. The average molecular weight is 433 g/mol. The van der Waals surface area contributed by atoms with Crippen molar-refractivity contribution in [2.45, 2.75) is 12.8 Å². The Bertz CT molecular complexity index is 1000. The highest BCUT2D eigenvalue weighted by molar-refractivity contribution is 8.26. The second kappa shape index (κ2) is 8.88. The molecule has 1 aliphatic rings. The normalized spacial score (nSPS) is 15.2. The number of nitrogens with one attached hydrogen (secondary N) is 1. The molecule has 29 heavy (non-hydrogen) atoms. The Kier molecular flexibility index (Phi) is 6.29.